The topological polar surface area (TPSA) is 29.5 Å². The average molecular weight is 349 g/mol. The molecule has 1 fully saturated rings. The van der Waals surface area contributed by atoms with E-state index in [9.17, 15) is 18.0 Å². The molecule has 1 saturated heterocycles. The Labute approximate surface area is 144 Å². The van der Waals surface area contributed by atoms with Crippen molar-refractivity contribution < 1.29 is 22.7 Å². The van der Waals surface area contributed by atoms with Gasteiger partial charge >= 0.3 is 6.18 Å². The van der Waals surface area contributed by atoms with E-state index in [1.54, 1.807) is 23.1 Å². The third-order valence-corrected chi connectivity index (χ3v) is 4.37. The van der Waals surface area contributed by atoms with E-state index < -0.39 is 11.7 Å². The van der Waals surface area contributed by atoms with Crippen LogP contribution in [0.3, 0.4) is 0 Å². The summed E-state index contributed by atoms with van der Waals surface area (Å²) in [6.07, 6.45) is -2.41. The Hall–Kier alpha value is -2.50. The first-order valence-electron chi connectivity index (χ1n) is 8.05. The summed E-state index contributed by atoms with van der Waals surface area (Å²) in [6.45, 7) is 1.43. The summed E-state index contributed by atoms with van der Waals surface area (Å²) in [5, 5.41) is 0. The Kier molecular flexibility index (Phi) is 4.70. The molecule has 2 aromatic rings. The number of rotatable bonds is 3. The monoisotopic (exact) mass is 349 g/mol. The quantitative estimate of drug-likeness (QED) is 0.809. The van der Waals surface area contributed by atoms with Gasteiger partial charge in [0.25, 0.3) is 5.91 Å². The van der Waals surface area contributed by atoms with Gasteiger partial charge in [0.2, 0.25) is 0 Å². The number of carbonyl (C=O) groups excluding carboxylic acids is 1. The molecule has 0 unspecified atom stereocenters. The zero-order chi connectivity index (χ0) is 18.0. The van der Waals surface area contributed by atoms with E-state index in [4.69, 9.17) is 4.74 Å². The number of carbonyl (C=O) groups is 1. The smallest absolute Gasteiger partial charge is 0.416 e. The van der Waals surface area contributed by atoms with Gasteiger partial charge in [0.1, 0.15) is 5.75 Å². The van der Waals surface area contributed by atoms with Crippen molar-refractivity contribution in [3.63, 3.8) is 0 Å². The molecule has 0 N–H and O–H groups in total. The van der Waals surface area contributed by atoms with Gasteiger partial charge in [0, 0.05) is 13.1 Å². The third kappa shape index (κ3) is 3.62. The van der Waals surface area contributed by atoms with Gasteiger partial charge in [-0.05, 0) is 48.2 Å². The Bertz CT molecular complexity index is 763. The van der Waals surface area contributed by atoms with Crippen LogP contribution in [0.15, 0.2) is 42.5 Å². The first-order valence-corrected chi connectivity index (χ1v) is 8.05. The van der Waals surface area contributed by atoms with Crippen molar-refractivity contribution in [3.05, 3.63) is 53.6 Å². The molecule has 0 aliphatic carbocycles. The molecule has 0 bridgehead atoms. The molecule has 3 nitrogen and oxygen atoms in total. The molecule has 1 amide bonds. The predicted molar refractivity (Wildman–Crippen MR) is 88.6 cm³/mol. The van der Waals surface area contributed by atoms with Gasteiger partial charge in [-0.1, -0.05) is 18.2 Å². The third-order valence-electron chi connectivity index (χ3n) is 4.37. The van der Waals surface area contributed by atoms with Crippen LogP contribution in [0.1, 0.15) is 28.8 Å². The molecular formula is C19H18F3NO2. The second-order valence-corrected chi connectivity index (χ2v) is 5.99. The molecule has 3 rings (SSSR count). The average Bonchev–Trinajstić information content (AvgIpc) is 3.14. The highest BCUT2D eigenvalue weighted by Gasteiger charge is 2.30. The number of halogens is 3. The standard InChI is InChI=1S/C19H18F3NO2/c1-25-17-9-6-14(12-16(17)18(24)23-10-2-3-11-23)13-4-7-15(8-5-13)19(20,21)22/h4-9,12H,2-3,10-11H2,1H3. The van der Waals surface area contributed by atoms with E-state index in [2.05, 4.69) is 0 Å². The number of nitrogens with zero attached hydrogens (tertiary/aromatic N) is 1. The van der Waals surface area contributed by atoms with Crippen LogP contribution < -0.4 is 4.74 Å². The van der Waals surface area contributed by atoms with Crippen LogP contribution in [-0.2, 0) is 6.18 Å². The summed E-state index contributed by atoms with van der Waals surface area (Å²) in [6, 6.07) is 10.0. The lowest BCUT2D eigenvalue weighted by atomic mass is 10.0. The van der Waals surface area contributed by atoms with Crippen molar-refractivity contribution in [1.82, 2.24) is 4.90 Å². The van der Waals surface area contributed by atoms with Crippen molar-refractivity contribution >= 4 is 5.91 Å². The SMILES string of the molecule is COc1ccc(-c2ccc(C(F)(F)F)cc2)cc1C(=O)N1CCCC1. The van der Waals surface area contributed by atoms with Crippen LogP contribution in [0, 0.1) is 0 Å². The summed E-state index contributed by atoms with van der Waals surface area (Å²) in [5.41, 5.74) is 1.03. The van der Waals surface area contributed by atoms with E-state index in [-0.39, 0.29) is 5.91 Å². The molecule has 2 aromatic carbocycles. The Morgan fingerprint density at radius 1 is 1.00 bits per heavy atom. The summed E-state index contributed by atoms with van der Waals surface area (Å²) < 4.78 is 43.4. The highest BCUT2D eigenvalue weighted by molar-refractivity contribution is 5.98. The second-order valence-electron chi connectivity index (χ2n) is 5.99. The molecule has 0 aromatic heterocycles. The molecule has 1 heterocycles. The van der Waals surface area contributed by atoms with E-state index in [1.165, 1.54) is 19.2 Å². The lowest BCUT2D eigenvalue weighted by molar-refractivity contribution is -0.137. The number of hydrogen-bond acceptors (Lipinski definition) is 2. The number of methoxy groups -OCH3 is 1. The molecule has 0 radical (unpaired) electrons. The van der Waals surface area contributed by atoms with Gasteiger partial charge < -0.3 is 9.64 Å². The number of amides is 1. The number of benzene rings is 2. The molecule has 25 heavy (non-hydrogen) atoms. The summed E-state index contributed by atoms with van der Waals surface area (Å²) in [7, 11) is 1.49. The van der Waals surface area contributed by atoms with Gasteiger partial charge in [-0.25, -0.2) is 0 Å². The van der Waals surface area contributed by atoms with Gasteiger partial charge in [0.05, 0.1) is 18.2 Å². The first kappa shape index (κ1) is 17.3. The normalized spacial score (nSPS) is 14.6. The van der Waals surface area contributed by atoms with Crippen LogP contribution in [0.4, 0.5) is 13.2 Å². The number of hydrogen-bond donors (Lipinski definition) is 0. The zero-order valence-electron chi connectivity index (χ0n) is 13.8. The maximum absolute atomic E-state index is 12.7. The molecule has 0 spiro atoms. The van der Waals surface area contributed by atoms with Gasteiger partial charge in [0.15, 0.2) is 0 Å². The Morgan fingerprint density at radius 2 is 1.60 bits per heavy atom. The maximum atomic E-state index is 12.7. The summed E-state index contributed by atoms with van der Waals surface area (Å²) >= 11 is 0. The zero-order valence-corrected chi connectivity index (χ0v) is 13.8. The largest absolute Gasteiger partial charge is 0.496 e. The highest BCUT2D eigenvalue weighted by atomic mass is 19.4. The lowest BCUT2D eigenvalue weighted by Crippen LogP contribution is -2.28. The molecule has 0 atom stereocenters. The fourth-order valence-electron chi connectivity index (χ4n) is 3.00. The Morgan fingerprint density at radius 3 is 2.16 bits per heavy atom. The van der Waals surface area contributed by atoms with Gasteiger partial charge in [-0.3, -0.25) is 4.79 Å². The van der Waals surface area contributed by atoms with Crippen molar-refractivity contribution in [2.75, 3.05) is 20.2 Å². The van der Waals surface area contributed by atoms with Gasteiger partial charge in [-0.15, -0.1) is 0 Å². The minimum Gasteiger partial charge on any atom is -0.496 e. The van der Waals surface area contributed by atoms with Crippen molar-refractivity contribution in [1.29, 1.82) is 0 Å². The summed E-state index contributed by atoms with van der Waals surface area (Å²) in [5.74, 6) is 0.357. The predicted octanol–water partition coefficient (Wildman–Crippen LogP) is 4.62. The van der Waals surface area contributed by atoms with E-state index in [1.807, 2.05) is 0 Å². The van der Waals surface area contributed by atoms with Crippen LogP contribution >= 0.6 is 0 Å². The van der Waals surface area contributed by atoms with Crippen LogP contribution in [0.2, 0.25) is 0 Å². The fourth-order valence-corrected chi connectivity index (χ4v) is 3.00. The minimum atomic E-state index is -4.37. The van der Waals surface area contributed by atoms with Crippen molar-refractivity contribution in [2.24, 2.45) is 0 Å². The van der Waals surface area contributed by atoms with E-state index in [0.717, 1.165) is 25.0 Å². The molecule has 1 aliphatic heterocycles. The number of ether oxygens (including phenoxy) is 1. The van der Waals surface area contributed by atoms with Crippen LogP contribution in [0.25, 0.3) is 11.1 Å². The van der Waals surface area contributed by atoms with Crippen molar-refractivity contribution in [3.8, 4) is 16.9 Å². The Balaban J connectivity index is 1.95. The van der Waals surface area contributed by atoms with Crippen LogP contribution in [-0.4, -0.2) is 31.0 Å². The minimum absolute atomic E-state index is 0.108. The molecular weight excluding hydrogens is 331 g/mol. The highest BCUT2D eigenvalue weighted by Crippen LogP contribution is 2.32. The fraction of sp³-hybridized carbons (Fsp3) is 0.316. The number of likely N-dealkylation sites (tertiary alicyclic amines) is 1. The van der Waals surface area contributed by atoms with Crippen LogP contribution in [0.5, 0.6) is 5.75 Å². The second kappa shape index (κ2) is 6.78. The van der Waals surface area contributed by atoms with Gasteiger partial charge in [-0.2, -0.15) is 13.2 Å². The molecule has 1 aliphatic rings. The molecule has 6 heteroatoms. The lowest BCUT2D eigenvalue weighted by Gasteiger charge is -2.18. The molecule has 0 saturated carbocycles. The van der Waals surface area contributed by atoms with E-state index >= 15 is 0 Å². The maximum Gasteiger partial charge on any atom is 0.416 e. The number of alkyl halides is 3. The molecule has 132 valence electrons. The first-order chi connectivity index (χ1) is 11.9. The van der Waals surface area contributed by atoms with Crippen molar-refractivity contribution in [2.45, 2.75) is 19.0 Å². The van der Waals surface area contributed by atoms with E-state index in [0.29, 0.717) is 35.5 Å². The summed E-state index contributed by atoms with van der Waals surface area (Å²) in [4.78, 5) is 14.5.